The Labute approximate surface area is 93.1 Å². The quantitative estimate of drug-likeness (QED) is 0.613. The van der Waals surface area contributed by atoms with Gasteiger partial charge in [-0.25, -0.2) is 0 Å². The third-order valence-electron chi connectivity index (χ3n) is 2.18. The Balaban J connectivity index is 4.18. The Morgan fingerprint density at radius 3 is 2.33 bits per heavy atom. The van der Waals surface area contributed by atoms with Crippen molar-refractivity contribution in [2.75, 3.05) is 20.3 Å². The molecule has 0 rings (SSSR count). The minimum absolute atomic E-state index is 0.125. The molecule has 1 atom stereocenters. The first-order valence-corrected chi connectivity index (χ1v) is 5.56. The van der Waals surface area contributed by atoms with E-state index < -0.39 is 0 Å². The smallest absolute Gasteiger partial charge is 0.162 e. The summed E-state index contributed by atoms with van der Waals surface area (Å²) in [5.74, 6) is 0.182. The molecule has 90 valence electrons. The van der Waals surface area contributed by atoms with Gasteiger partial charge in [0.15, 0.2) is 5.78 Å². The van der Waals surface area contributed by atoms with Crippen LogP contribution in [0.3, 0.4) is 0 Å². The highest BCUT2D eigenvalue weighted by Crippen LogP contribution is 2.24. The average Bonchev–Trinajstić information content (AvgIpc) is 2.12. The van der Waals surface area contributed by atoms with Crippen molar-refractivity contribution >= 4 is 5.78 Å². The van der Waals surface area contributed by atoms with Crippen molar-refractivity contribution in [3.8, 4) is 0 Å². The Kier molecular flexibility index (Phi) is 6.77. The van der Waals surface area contributed by atoms with Crippen molar-refractivity contribution in [1.29, 1.82) is 0 Å². The normalized spacial score (nSPS) is 13.9. The maximum absolute atomic E-state index is 11.9. The van der Waals surface area contributed by atoms with E-state index in [4.69, 9.17) is 9.47 Å². The molecule has 15 heavy (non-hydrogen) atoms. The van der Waals surface area contributed by atoms with Crippen LogP contribution in [0.15, 0.2) is 0 Å². The molecule has 0 aromatic carbocycles. The van der Waals surface area contributed by atoms with Crippen LogP contribution >= 0.6 is 0 Å². The van der Waals surface area contributed by atoms with Gasteiger partial charge in [-0.15, -0.1) is 0 Å². The molecule has 0 aromatic heterocycles. The molecular formula is C12H24O3. The van der Waals surface area contributed by atoms with Crippen LogP contribution in [0.2, 0.25) is 0 Å². The summed E-state index contributed by atoms with van der Waals surface area (Å²) in [6, 6.07) is 0. The predicted octanol–water partition coefficient (Wildman–Crippen LogP) is 2.43. The van der Waals surface area contributed by atoms with Crippen molar-refractivity contribution < 1.29 is 14.3 Å². The summed E-state index contributed by atoms with van der Waals surface area (Å²) >= 11 is 0. The molecule has 3 nitrogen and oxygen atoms in total. The first kappa shape index (κ1) is 14.6. The van der Waals surface area contributed by atoms with Crippen molar-refractivity contribution in [2.45, 2.75) is 46.6 Å². The number of hydrogen-bond acceptors (Lipinski definition) is 3. The summed E-state index contributed by atoms with van der Waals surface area (Å²) < 4.78 is 10.4. The maximum Gasteiger partial charge on any atom is 0.162 e. The van der Waals surface area contributed by atoms with E-state index in [2.05, 4.69) is 0 Å². The molecule has 0 aliphatic rings. The molecule has 1 unspecified atom stereocenters. The van der Waals surface area contributed by atoms with Crippen LogP contribution in [0.1, 0.15) is 40.5 Å². The van der Waals surface area contributed by atoms with Gasteiger partial charge in [0.05, 0.1) is 0 Å². The highest BCUT2D eigenvalue weighted by atomic mass is 16.5. The molecule has 0 aromatic rings. The number of ketones is 1. The Morgan fingerprint density at radius 2 is 1.93 bits per heavy atom. The van der Waals surface area contributed by atoms with Crippen LogP contribution in [-0.2, 0) is 14.3 Å². The number of carbonyl (C=O) groups excluding carboxylic acids is 1. The van der Waals surface area contributed by atoms with Crippen LogP contribution in [0, 0.1) is 5.41 Å². The predicted molar refractivity (Wildman–Crippen MR) is 61.0 cm³/mol. The van der Waals surface area contributed by atoms with Crippen LogP contribution in [0.25, 0.3) is 0 Å². The van der Waals surface area contributed by atoms with Crippen LogP contribution in [0.5, 0.6) is 0 Å². The van der Waals surface area contributed by atoms with Crippen LogP contribution in [0.4, 0.5) is 0 Å². The molecule has 3 heteroatoms. The van der Waals surface area contributed by atoms with Crippen LogP contribution < -0.4 is 0 Å². The molecule has 0 spiro atoms. The van der Waals surface area contributed by atoms with Gasteiger partial charge in [-0.05, 0) is 18.8 Å². The molecule has 0 N–H and O–H groups in total. The van der Waals surface area contributed by atoms with Gasteiger partial charge in [-0.1, -0.05) is 20.8 Å². The fraction of sp³-hybridized carbons (Fsp3) is 0.917. The molecule has 0 saturated heterocycles. The number of ether oxygens (including phenoxy) is 2. The van der Waals surface area contributed by atoms with Gasteiger partial charge in [0.25, 0.3) is 0 Å². The lowest BCUT2D eigenvalue weighted by Crippen LogP contribution is -2.37. The third-order valence-corrected chi connectivity index (χ3v) is 2.18. The van der Waals surface area contributed by atoms with Gasteiger partial charge < -0.3 is 9.47 Å². The summed E-state index contributed by atoms with van der Waals surface area (Å²) in [7, 11) is 1.65. The van der Waals surface area contributed by atoms with Crippen LogP contribution in [-0.4, -0.2) is 32.2 Å². The molecule has 0 aliphatic carbocycles. The lowest BCUT2D eigenvalue weighted by Gasteiger charge is -2.29. The second kappa shape index (κ2) is 6.96. The zero-order valence-electron chi connectivity index (χ0n) is 10.6. The van der Waals surface area contributed by atoms with E-state index in [-0.39, 0.29) is 17.3 Å². The van der Waals surface area contributed by atoms with Gasteiger partial charge in [0, 0.05) is 26.7 Å². The zero-order valence-corrected chi connectivity index (χ0v) is 10.6. The standard InChI is InChI=1S/C12H24O3/c1-6-15-11(12(2,3)4)10(13)8-7-9-14-5/h11H,6-9H2,1-5H3. The molecule has 0 fully saturated rings. The van der Waals surface area contributed by atoms with E-state index in [1.54, 1.807) is 7.11 Å². The molecule has 0 bridgehead atoms. The second-order valence-corrected chi connectivity index (χ2v) is 4.76. The first-order chi connectivity index (χ1) is 6.93. The zero-order chi connectivity index (χ0) is 11.9. The van der Waals surface area contributed by atoms with E-state index in [9.17, 15) is 4.79 Å². The minimum Gasteiger partial charge on any atom is -0.385 e. The topological polar surface area (TPSA) is 35.5 Å². The molecular weight excluding hydrogens is 192 g/mol. The third kappa shape index (κ3) is 5.90. The summed E-state index contributed by atoms with van der Waals surface area (Å²) in [6.07, 6.45) is 1.02. The van der Waals surface area contributed by atoms with E-state index >= 15 is 0 Å². The van der Waals surface area contributed by atoms with E-state index in [0.29, 0.717) is 19.6 Å². The van der Waals surface area contributed by atoms with Gasteiger partial charge >= 0.3 is 0 Å². The number of methoxy groups -OCH3 is 1. The second-order valence-electron chi connectivity index (χ2n) is 4.76. The van der Waals surface area contributed by atoms with E-state index in [0.717, 1.165) is 6.42 Å². The van der Waals surface area contributed by atoms with Gasteiger partial charge in [-0.2, -0.15) is 0 Å². The lowest BCUT2D eigenvalue weighted by molar-refractivity contribution is -0.137. The van der Waals surface area contributed by atoms with Crippen molar-refractivity contribution in [3.63, 3.8) is 0 Å². The fourth-order valence-corrected chi connectivity index (χ4v) is 1.51. The van der Waals surface area contributed by atoms with Gasteiger partial charge in [0.2, 0.25) is 0 Å². The monoisotopic (exact) mass is 216 g/mol. The lowest BCUT2D eigenvalue weighted by atomic mass is 9.85. The molecule has 0 amide bonds. The number of Topliss-reactive ketones (excluding diaryl/α,β-unsaturated/α-hetero) is 1. The fourth-order valence-electron chi connectivity index (χ4n) is 1.51. The molecule has 0 heterocycles. The number of hydrogen-bond donors (Lipinski definition) is 0. The van der Waals surface area contributed by atoms with Crippen molar-refractivity contribution in [3.05, 3.63) is 0 Å². The Hall–Kier alpha value is -0.410. The largest absolute Gasteiger partial charge is 0.385 e. The summed E-state index contributed by atoms with van der Waals surface area (Å²) in [4.78, 5) is 11.9. The minimum atomic E-state index is -0.292. The van der Waals surface area contributed by atoms with E-state index in [1.807, 2.05) is 27.7 Å². The number of carbonyl (C=O) groups is 1. The molecule has 0 aliphatic heterocycles. The summed E-state index contributed by atoms with van der Waals surface area (Å²) in [6.45, 7) is 9.22. The average molecular weight is 216 g/mol. The maximum atomic E-state index is 11.9. The Bertz CT molecular complexity index is 182. The summed E-state index contributed by atoms with van der Waals surface area (Å²) in [5, 5.41) is 0. The van der Waals surface area contributed by atoms with Crippen molar-refractivity contribution in [1.82, 2.24) is 0 Å². The van der Waals surface area contributed by atoms with Crippen molar-refractivity contribution in [2.24, 2.45) is 5.41 Å². The first-order valence-electron chi connectivity index (χ1n) is 5.56. The van der Waals surface area contributed by atoms with Gasteiger partial charge in [0.1, 0.15) is 6.10 Å². The highest BCUT2D eigenvalue weighted by Gasteiger charge is 2.30. The molecule has 0 radical (unpaired) electrons. The summed E-state index contributed by atoms with van der Waals surface area (Å²) in [5.41, 5.74) is -0.125. The molecule has 0 saturated carbocycles. The Morgan fingerprint density at radius 1 is 1.33 bits per heavy atom. The van der Waals surface area contributed by atoms with E-state index in [1.165, 1.54) is 0 Å². The SMILES string of the molecule is CCOC(C(=O)CCCOC)C(C)(C)C. The van der Waals surface area contributed by atoms with Gasteiger partial charge in [-0.3, -0.25) is 4.79 Å². The highest BCUT2D eigenvalue weighted by molar-refractivity contribution is 5.83. The number of rotatable bonds is 7.